The van der Waals surface area contributed by atoms with Crippen molar-refractivity contribution in [2.24, 2.45) is 0 Å². The molecule has 3 aromatic rings. The highest BCUT2D eigenvalue weighted by Gasteiger charge is 2.46. The van der Waals surface area contributed by atoms with E-state index in [4.69, 9.17) is 0 Å². The van der Waals surface area contributed by atoms with Gasteiger partial charge >= 0.3 is 0 Å². The summed E-state index contributed by atoms with van der Waals surface area (Å²) >= 11 is 3.41. The first-order chi connectivity index (χ1) is 14.0. The molecule has 0 radical (unpaired) electrons. The van der Waals surface area contributed by atoms with Crippen molar-refractivity contribution in [1.82, 2.24) is 4.98 Å². The third-order valence-corrected chi connectivity index (χ3v) is 5.37. The van der Waals surface area contributed by atoms with Crippen molar-refractivity contribution in [3.05, 3.63) is 99.8 Å². The average molecular weight is 449 g/mol. The average Bonchev–Trinajstić information content (AvgIpc) is 2.99. The lowest BCUT2D eigenvalue weighted by atomic mass is 9.95. The third kappa shape index (κ3) is 3.47. The SMILES string of the molecule is Cc1ccc(/C(O)=C2\C(=O)C(=O)N(c3cccc(Br)c3)C2c2ccncc2)cc1. The van der Waals surface area contributed by atoms with E-state index in [0.29, 0.717) is 16.8 Å². The Kier molecular flexibility index (Phi) is 5.03. The Balaban J connectivity index is 1.94. The van der Waals surface area contributed by atoms with E-state index in [0.717, 1.165) is 10.0 Å². The van der Waals surface area contributed by atoms with E-state index in [2.05, 4.69) is 20.9 Å². The second-order valence-corrected chi connectivity index (χ2v) is 7.71. The van der Waals surface area contributed by atoms with Crippen LogP contribution in [0.25, 0.3) is 5.76 Å². The Morgan fingerprint density at radius 2 is 1.72 bits per heavy atom. The Morgan fingerprint density at radius 3 is 2.38 bits per heavy atom. The number of nitrogens with zero attached hydrogens (tertiary/aromatic N) is 2. The standard InChI is InChI=1S/C23H17BrN2O3/c1-14-5-7-16(8-6-14)21(27)19-20(15-9-11-25-12-10-15)26(23(29)22(19)28)18-4-2-3-17(24)13-18/h2-13,20,27H,1H3/b21-19+. The molecule has 0 saturated carbocycles. The van der Waals surface area contributed by atoms with Crippen molar-refractivity contribution in [2.75, 3.05) is 4.90 Å². The number of carbonyl (C=O) groups is 2. The van der Waals surface area contributed by atoms with Gasteiger partial charge in [0.25, 0.3) is 11.7 Å². The van der Waals surface area contributed by atoms with E-state index < -0.39 is 17.7 Å². The van der Waals surface area contributed by atoms with Crippen LogP contribution in [0.4, 0.5) is 5.69 Å². The van der Waals surface area contributed by atoms with Crippen LogP contribution in [0.3, 0.4) is 0 Å². The molecule has 0 aliphatic carbocycles. The minimum Gasteiger partial charge on any atom is -0.507 e. The molecule has 1 N–H and O–H groups in total. The van der Waals surface area contributed by atoms with Crippen molar-refractivity contribution in [3.8, 4) is 0 Å². The predicted octanol–water partition coefficient (Wildman–Crippen LogP) is 4.78. The van der Waals surface area contributed by atoms with Crippen molar-refractivity contribution in [3.63, 3.8) is 0 Å². The lowest BCUT2D eigenvalue weighted by molar-refractivity contribution is -0.132. The van der Waals surface area contributed by atoms with E-state index in [1.54, 1.807) is 54.9 Å². The van der Waals surface area contributed by atoms with Gasteiger partial charge in [0, 0.05) is 28.1 Å². The lowest BCUT2D eigenvalue weighted by Gasteiger charge is -2.25. The molecule has 2 heterocycles. The maximum Gasteiger partial charge on any atom is 0.300 e. The summed E-state index contributed by atoms with van der Waals surface area (Å²) in [5.74, 6) is -1.59. The number of rotatable bonds is 3. The number of Topliss-reactive ketones (excluding diaryl/α,β-unsaturated/α-hetero) is 1. The molecule has 144 valence electrons. The Hall–Kier alpha value is -3.25. The predicted molar refractivity (Wildman–Crippen MR) is 114 cm³/mol. The van der Waals surface area contributed by atoms with Crippen LogP contribution in [0.15, 0.2) is 83.1 Å². The fourth-order valence-corrected chi connectivity index (χ4v) is 3.84. The van der Waals surface area contributed by atoms with E-state index in [-0.39, 0.29) is 11.3 Å². The number of carbonyl (C=O) groups excluding carboxylic acids is 2. The summed E-state index contributed by atoms with van der Waals surface area (Å²) in [7, 11) is 0. The molecule has 1 amide bonds. The van der Waals surface area contributed by atoms with Gasteiger partial charge in [-0.2, -0.15) is 0 Å². The summed E-state index contributed by atoms with van der Waals surface area (Å²) in [5, 5.41) is 11.0. The number of anilines is 1. The first kappa shape index (κ1) is 19.1. The largest absolute Gasteiger partial charge is 0.507 e. The maximum atomic E-state index is 13.0. The molecule has 1 aliphatic rings. The van der Waals surface area contributed by atoms with Crippen LogP contribution >= 0.6 is 15.9 Å². The molecule has 1 atom stereocenters. The zero-order valence-electron chi connectivity index (χ0n) is 15.5. The molecular formula is C23H17BrN2O3. The minimum atomic E-state index is -0.756. The number of hydrogen-bond acceptors (Lipinski definition) is 4. The summed E-state index contributed by atoms with van der Waals surface area (Å²) in [6, 6.07) is 17.1. The lowest BCUT2D eigenvalue weighted by Crippen LogP contribution is -2.29. The van der Waals surface area contributed by atoms with Crippen LogP contribution in [-0.2, 0) is 9.59 Å². The van der Waals surface area contributed by atoms with Crippen LogP contribution in [0.5, 0.6) is 0 Å². The van der Waals surface area contributed by atoms with Gasteiger partial charge in [0.1, 0.15) is 5.76 Å². The second-order valence-electron chi connectivity index (χ2n) is 6.80. The van der Waals surface area contributed by atoms with E-state index in [1.165, 1.54) is 4.90 Å². The highest BCUT2D eigenvalue weighted by molar-refractivity contribution is 9.10. The molecule has 6 heteroatoms. The van der Waals surface area contributed by atoms with Gasteiger partial charge in [-0.25, -0.2) is 0 Å². The molecular weight excluding hydrogens is 432 g/mol. The normalized spacial score (nSPS) is 18.3. The number of ketones is 1. The summed E-state index contributed by atoms with van der Waals surface area (Å²) in [6.45, 7) is 1.94. The van der Waals surface area contributed by atoms with Crippen molar-refractivity contribution < 1.29 is 14.7 Å². The summed E-state index contributed by atoms with van der Waals surface area (Å²) < 4.78 is 0.781. The highest BCUT2D eigenvalue weighted by Crippen LogP contribution is 2.42. The van der Waals surface area contributed by atoms with Gasteiger partial charge in [-0.1, -0.05) is 51.8 Å². The fraction of sp³-hybridized carbons (Fsp3) is 0.0870. The second kappa shape index (κ2) is 7.64. The molecule has 0 spiro atoms. The summed E-state index contributed by atoms with van der Waals surface area (Å²) in [6.07, 6.45) is 3.20. The third-order valence-electron chi connectivity index (χ3n) is 4.88. The molecule has 1 aliphatic heterocycles. The number of aryl methyl sites for hydroxylation is 1. The summed E-state index contributed by atoms with van der Waals surface area (Å²) in [4.78, 5) is 31.5. The Morgan fingerprint density at radius 1 is 1.03 bits per heavy atom. The number of halogens is 1. The number of hydrogen-bond donors (Lipinski definition) is 1. The summed E-state index contributed by atoms with van der Waals surface area (Å²) in [5.41, 5.74) is 2.83. The van der Waals surface area contributed by atoms with Gasteiger partial charge in [0.2, 0.25) is 0 Å². The van der Waals surface area contributed by atoms with Gasteiger partial charge in [-0.05, 0) is 42.8 Å². The van der Waals surface area contributed by atoms with E-state index in [1.807, 2.05) is 25.1 Å². The smallest absolute Gasteiger partial charge is 0.300 e. The molecule has 1 unspecified atom stereocenters. The quantitative estimate of drug-likeness (QED) is 0.355. The molecule has 1 fully saturated rings. The molecule has 1 saturated heterocycles. The highest BCUT2D eigenvalue weighted by atomic mass is 79.9. The van der Waals surface area contributed by atoms with E-state index in [9.17, 15) is 14.7 Å². The zero-order chi connectivity index (χ0) is 20.5. The fourth-order valence-electron chi connectivity index (χ4n) is 3.45. The molecule has 5 nitrogen and oxygen atoms in total. The number of pyridine rings is 1. The molecule has 4 rings (SSSR count). The van der Waals surface area contributed by atoms with Gasteiger partial charge in [0.15, 0.2) is 0 Å². The minimum absolute atomic E-state index is 0.0602. The number of aliphatic hydroxyl groups is 1. The van der Waals surface area contributed by atoms with E-state index >= 15 is 0 Å². The Labute approximate surface area is 176 Å². The zero-order valence-corrected chi connectivity index (χ0v) is 17.1. The monoisotopic (exact) mass is 448 g/mol. The van der Waals surface area contributed by atoms with Crippen LogP contribution in [-0.4, -0.2) is 21.8 Å². The molecule has 29 heavy (non-hydrogen) atoms. The molecule has 1 aromatic heterocycles. The number of benzene rings is 2. The molecule has 0 bridgehead atoms. The molecule has 2 aromatic carbocycles. The van der Waals surface area contributed by atoms with Gasteiger partial charge in [-0.15, -0.1) is 0 Å². The van der Waals surface area contributed by atoms with Crippen LogP contribution < -0.4 is 4.90 Å². The van der Waals surface area contributed by atoms with Crippen molar-refractivity contribution >= 4 is 39.1 Å². The van der Waals surface area contributed by atoms with Gasteiger partial charge in [0.05, 0.1) is 11.6 Å². The first-order valence-electron chi connectivity index (χ1n) is 9.01. The Bertz CT molecular complexity index is 1120. The number of aliphatic hydroxyl groups excluding tert-OH is 1. The maximum absolute atomic E-state index is 13.0. The van der Waals surface area contributed by atoms with Crippen LogP contribution in [0, 0.1) is 6.92 Å². The van der Waals surface area contributed by atoms with Gasteiger partial charge < -0.3 is 5.11 Å². The van der Waals surface area contributed by atoms with Crippen LogP contribution in [0.1, 0.15) is 22.7 Å². The van der Waals surface area contributed by atoms with Crippen LogP contribution in [0.2, 0.25) is 0 Å². The number of aromatic nitrogens is 1. The first-order valence-corrected chi connectivity index (χ1v) is 9.80. The van der Waals surface area contributed by atoms with Gasteiger partial charge in [-0.3, -0.25) is 19.5 Å². The van der Waals surface area contributed by atoms with Crippen molar-refractivity contribution in [2.45, 2.75) is 13.0 Å². The number of amides is 1. The van der Waals surface area contributed by atoms with Crippen molar-refractivity contribution in [1.29, 1.82) is 0 Å². The topological polar surface area (TPSA) is 70.5 Å².